The minimum atomic E-state index is 0.187. The lowest BCUT2D eigenvalue weighted by molar-refractivity contribution is 0.206. The van der Waals surface area contributed by atoms with Crippen molar-refractivity contribution < 1.29 is 0 Å². The molecule has 1 aliphatic heterocycles. The molecule has 19 heavy (non-hydrogen) atoms. The number of piperidine rings is 1. The lowest BCUT2D eigenvalue weighted by Crippen LogP contribution is -2.48. The molecule has 0 aliphatic carbocycles. The van der Waals surface area contributed by atoms with Crippen LogP contribution in [0, 0.1) is 13.8 Å². The number of hydrogen-bond acceptors (Lipinski definition) is 2. The first-order valence-corrected chi connectivity index (χ1v) is 7.19. The van der Waals surface area contributed by atoms with Crippen molar-refractivity contribution in [3.63, 3.8) is 0 Å². The molecule has 0 atom stereocenters. The summed E-state index contributed by atoms with van der Waals surface area (Å²) >= 11 is 0. The summed E-state index contributed by atoms with van der Waals surface area (Å²) in [6.45, 7) is 10.6. The Balaban J connectivity index is 2.20. The number of aryl methyl sites for hydroxylation is 2. The van der Waals surface area contributed by atoms with Gasteiger partial charge in [-0.25, -0.2) is 0 Å². The van der Waals surface area contributed by atoms with E-state index >= 15 is 0 Å². The predicted octanol–water partition coefficient (Wildman–Crippen LogP) is 3.76. The highest BCUT2D eigenvalue weighted by Gasteiger charge is 2.32. The molecular weight excluding hydrogens is 232 g/mol. The highest BCUT2D eigenvalue weighted by atomic mass is 15.1. The lowest BCUT2D eigenvalue weighted by atomic mass is 9.84. The molecule has 1 aromatic rings. The van der Waals surface area contributed by atoms with Gasteiger partial charge in [0.15, 0.2) is 0 Å². The highest BCUT2D eigenvalue weighted by molar-refractivity contribution is 5.54. The molecule has 0 saturated carbocycles. The van der Waals surface area contributed by atoms with Crippen LogP contribution in [0.1, 0.15) is 30.4 Å². The van der Waals surface area contributed by atoms with Crippen molar-refractivity contribution in [2.75, 3.05) is 25.5 Å². The first kappa shape index (κ1) is 14.1. The second-order valence-electron chi connectivity index (χ2n) is 6.02. The third-order valence-electron chi connectivity index (χ3n) is 4.27. The predicted molar refractivity (Wildman–Crippen MR) is 83.8 cm³/mol. The number of rotatable bonds is 4. The van der Waals surface area contributed by atoms with Gasteiger partial charge in [-0.05, 0) is 57.4 Å². The van der Waals surface area contributed by atoms with Crippen LogP contribution in [0.15, 0.2) is 30.9 Å². The van der Waals surface area contributed by atoms with Crippen LogP contribution in [-0.2, 0) is 0 Å². The zero-order valence-electron chi connectivity index (χ0n) is 12.5. The van der Waals surface area contributed by atoms with Crippen LogP contribution < -0.4 is 5.32 Å². The summed E-state index contributed by atoms with van der Waals surface area (Å²) in [5.41, 5.74) is 4.11. The molecule has 2 rings (SSSR count). The average molecular weight is 258 g/mol. The van der Waals surface area contributed by atoms with Gasteiger partial charge in [-0.2, -0.15) is 0 Å². The largest absolute Gasteiger partial charge is 0.379 e. The fourth-order valence-electron chi connectivity index (χ4n) is 2.86. The molecule has 104 valence electrons. The van der Waals surface area contributed by atoms with Crippen LogP contribution in [-0.4, -0.2) is 30.6 Å². The van der Waals surface area contributed by atoms with E-state index in [1.807, 2.05) is 0 Å². The molecule has 0 unspecified atom stereocenters. The van der Waals surface area contributed by atoms with Crippen molar-refractivity contribution in [1.29, 1.82) is 0 Å². The zero-order valence-corrected chi connectivity index (χ0v) is 12.5. The second kappa shape index (κ2) is 5.79. The maximum atomic E-state index is 3.95. The molecule has 2 heteroatoms. The maximum Gasteiger partial charge on any atom is 0.0432 e. The van der Waals surface area contributed by atoms with Gasteiger partial charge in [0.2, 0.25) is 0 Å². The first-order valence-electron chi connectivity index (χ1n) is 7.19. The van der Waals surface area contributed by atoms with Gasteiger partial charge in [-0.1, -0.05) is 18.2 Å². The topological polar surface area (TPSA) is 15.3 Å². The second-order valence-corrected chi connectivity index (χ2v) is 6.02. The SMILES string of the molecule is C=CCC1(Nc2cc(C)ccc2C)CCN(C)CC1. The molecule has 0 amide bonds. The fourth-order valence-corrected chi connectivity index (χ4v) is 2.86. The number of likely N-dealkylation sites (tertiary alicyclic amines) is 1. The van der Waals surface area contributed by atoms with Crippen molar-refractivity contribution in [2.24, 2.45) is 0 Å². The number of hydrogen-bond donors (Lipinski definition) is 1. The fraction of sp³-hybridized carbons (Fsp3) is 0.529. The van der Waals surface area contributed by atoms with Gasteiger partial charge in [-0.3, -0.25) is 0 Å². The lowest BCUT2D eigenvalue weighted by Gasteiger charge is -2.42. The summed E-state index contributed by atoms with van der Waals surface area (Å²) in [5.74, 6) is 0. The molecule has 1 aromatic carbocycles. The molecule has 1 saturated heterocycles. The molecule has 2 nitrogen and oxygen atoms in total. The molecule has 0 spiro atoms. The maximum absolute atomic E-state index is 3.95. The van der Waals surface area contributed by atoms with E-state index in [9.17, 15) is 0 Å². The van der Waals surface area contributed by atoms with E-state index < -0.39 is 0 Å². The summed E-state index contributed by atoms with van der Waals surface area (Å²) in [6, 6.07) is 6.64. The van der Waals surface area contributed by atoms with E-state index in [-0.39, 0.29) is 5.54 Å². The van der Waals surface area contributed by atoms with Gasteiger partial charge in [0.1, 0.15) is 0 Å². The Morgan fingerprint density at radius 3 is 2.63 bits per heavy atom. The van der Waals surface area contributed by atoms with Crippen LogP contribution in [0.2, 0.25) is 0 Å². The minimum absolute atomic E-state index is 0.187. The van der Waals surface area contributed by atoms with Crippen LogP contribution in [0.3, 0.4) is 0 Å². The normalized spacial score (nSPS) is 19.1. The Hall–Kier alpha value is -1.28. The number of nitrogens with one attached hydrogen (secondary N) is 1. The molecule has 0 radical (unpaired) electrons. The Morgan fingerprint density at radius 2 is 2.00 bits per heavy atom. The van der Waals surface area contributed by atoms with Crippen LogP contribution in [0.25, 0.3) is 0 Å². The van der Waals surface area contributed by atoms with Gasteiger partial charge >= 0.3 is 0 Å². The monoisotopic (exact) mass is 258 g/mol. The van der Waals surface area contributed by atoms with Crippen molar-refractivity contribution in [2.45, 2.75) is 38.6 Å². The van der Waals surface area contributed by atoms with Crippen LogP contribution >= 0.6 is 0 Å². The molecule has 1 N–H and O–H groups in total. The quantitative estimate of drug-likeness (QED) is 0.827. The third kappa shape index (κ3) is 3.38. The van der Waals surface area contributed by atoms with Gasteiger partial charge < -0.3 is 10.2 Å². The molecule has 0 bridgehead atoms. The van der Waals surface area contributed by atoms with Crippen LogP contribution in [0.4, 0.5) is 5.69 Å². The summed E-state index contributed by atoms with van der Waals surface area (Å²) in [4.78, 5) is 2.41. The minimum Gasteiger partial charge on any atom is -0.379 e. The average Bonchev–Trinajstić information content (AvgIpc) is 2.38. The number of benzene rings is 1. The van der Waals surface area contributed by atoms with Crippen LogP contribution in [0.5, 0.6) is 0 Å². The van der Waals surface area contributed by atoms with Crippen molar-refractivity contribution in [1.82, 2.24) is 4.90 Å². The highest BCUT2D eigenvalue weighted by Crippen LogP contribution is 2.31. The van der Waals surface area contributed by atoms with Crippen molar-refractivity contribution in [3.8, 4) is 0 Å². The summed E-state index contributed by atoms with van der Waals surface area (Å²) < 4.78 is 0. The van der Waals surface area contributed by atoms with E-state index in [4.69, 9.17) is 0 Å². The molecule has 0 aromatic heterocycles. The zero-order chi connectivity index (χ0) is 13.9. The third-order valence-corrected chi connectivity index (χ3v) is 4.27. The van der Waals surface area contributed by atoms with Gasteiger partial charge in [0, 0.05) is 24.3 Å². The van der Waals surface area contributed by atoms with Gasteiger partial charge in [0.25, 0.3) is 0 Å². The van der Waals surface area contributed by atoms with Crippen molar-refractivity contribution in [3.05, 3.63) is 42.0 Å². The standard InChI is InChI=1S/C17H26N2/c1-5-8-17(9-11-19(4)12-10-17)18-16-13-14(2)6-7-15(16)3/h5-7,13,18H,1,8-12H2,2-4H3. The number of nitrogens with zero attached hydrogens (tertiary/aromatic N) is 1. The van der Waals surface area contributed by atoms with E-state index in [1.165, 1.54) is 29.7 Å². The Kier molecular flexibility index (Phi) is 4.31. The number of anilines is 1. The van der Waals surface area contributed by atoms with Gasteiger partial charge in [-0.15, -0.1) is 6.58 Å². The summed E-state index contributed by atoms with van der Waals surface area (Å²) in [6.07, 6.45) is 5.46. The van der Waals surface area contributed by atoms with Crippen molar-refractivity contribution >= 4 is 5.69 Å². The molecule has 1 fully saturated rings. The van der Waals surface area contributed by atoms with E-state index in [0.29, 0.717) is 0 Å². The van der Waals surface area contributed by atoms with Gasteiger partial charge in [0.05, 0.1) is 0 Å². The van der Waals surface area contributed by atoms with E-state index in [2.05, 4.69) is 62.0 Å². The molecular formula is C17H26N2. The summed E-state index contributed by atoms with van der Waals surface area (Å²) in [5, 5.41) is 3.83. The smallest absolute Gasteiger partial charge is 0.0432 e. The Bertz CT molecular complexity index is 443. The first-order chi connectivity index (χ1) is 9.04. The van der Waals surface area contributed by atoms with E-state index in [1.54, 1.807) is 0 Å². The molecule has 1 aliphatic rings. The van der Waals surface area contributed by atoms with E-state index in [0.717, 1.165) is 19.5 Å². The Labute approximate surface area is 117 Å². The Morgan fingerprint density at radius 1 is 1.32 bits per heavy atom. The molecule has 1 heterocycles. The summed E-state index contributed by atoms with van der Waals surface area (Å²) in [7, 11) is 2.20.